The van der Waals surface area contributed by atoms with Crippen molar-refractivity contribution in [2.24, 2.45) is 0 Å². The summed E-state index contributed by atoms with van der Waals surface area (Å²) in [4.78, 5) is 16.4. The van der Waals surface area contributed by atoms with Crippen LogP contribution in [-0.2, 0) is 11.2 Å². The van der Waals surface area contributed by atoms with Gasteiger partial charge in [0.2, 0.25) is 17.7 Å². The smallest absolute Gasteiger partial charge is 0.247 e. The van der Waals surface area contributed by atoms with E-state index < -0.39 is 0 Å². The molecule has 0 bridgehead atoms. The summed E-state index contributed by atoms with van der Waals surface area (Å²) in [5, 5.41) is 14.9. The lowest BCUT2D eigenvalue weighted by atomic mass is 10.2. The van der Waals surface area contributed by atoms with E-state index in [0.29, 0.717) is 29.7 Å². The lowest BCUT2D eigenvalue weighted by Crippen LogP contribution is -2.12. The van der Waals surface area contributed by atoms with Gasteiger partial charge in [0.25, 0.3) is 0 Å². The third-order valence-electron chi connectivity index (χ3n) is 3.82. The van der Waals surface area contributed by atoms with Gasteiger partial charge in [-0.1, -0.05) is 18.2 Å². The Morgan fingerprint density at radius 3 is 2.70 bits per heavy atom. The molecule has 4 aromatic rings. The summed E-state index contributed by atoms with van der Waals surface area (Å²) in [6.07, 6.45) is 5.67. The number of hydrogen-bond donors (Lipinski definition) is 1. The number of nitrogens with zero attached hydrogens (tertiary/aromatic N) is 5. The van der Waals surface area contributed by atoms with Crippen molar-refractivity contribution in [3.8, 4) is 17.3 Å². The van der Waals surface area contributed by atoms with Crippen molar-refractivity contribution >= 4 is 11.6 Å². The van der Waals surface area contributed by atoms with E-state index in [1.165, 1.54) is 0 Å². The fourth-order valence-electron chi connectivity index (χ4n) is 2.50. The van der Waals surface area contributed by atoms with Crippen molar-refractivity contribution in [3.05, 3.63) is 73.0 Å². The number of carbonyl (C=O) groups excluding carboxylic acids is 1. The molecule has 0 spiro atoms. The molecular formula is C19H16N6O2. The van der Waals surface area contributed by atoms with Gasteiger partial charge in [0.1, 0.15) is 0 Å². The highest BCUT2D eigenvalue weighted by atomic mass is 16.4. The fourth-order valence-corrected chi connectivity index (χ4v) is 2.50. The molecule has 1 aromatic carbocycles. The summed E-state index contributed by atoms with van der Waals surface area (Å²) >= 11 is 0. The van der Waals surface area contributed by atoms with Crippen LogP contribution in [0.5, 0.6) is 0 Å². The average molecular weight is 360 g/mol. The third-order valence-corrected chi connectivity index (χ3v) is 3.82. The van der Waals surface area contributed by atoms with E-state index in [-0.39, 0.29) is 12.3 Å². The number of amides is 1. The second kappa shape index (κ2) is 7.61. The lowest BCUT2D eigenvalue weighted by Gasteiger charge is -2.05. The van der Waals surface area contributed by atoms with Crippen LogP contribution in [-0.4, -0.2) is 30.9 Å². The predicted molar refractivity (Wildman–Crippen MR) is 98.0 cm³/mol. The third kappa shape index (κ3) is 4.06. The van der Waals surface area contributed by atoms with Crippen molar-refractivity contribution < 1.29 is 9.21 Å². The molecule has 0 aliphatic carbocycles. The summed E-state index contributed by atoms with van der Waals surface area (Å²) in [6, 6.07) is 14.9. The first-order valence-electron chi connectivity index (χ1n) is 8.42. The summed E-state index contributed by atoms with van der Waals surface area (Å²) in [5.41, 5.74) is 1.47. The van der Waals surface area contributed by atoms with Crippen LogP contribution in [0.15, 0.2) is 71.5 Å². The number of pyridine rings is 1. The molecule has 27 heavy (non-hydrogen) atoms. The SMILES string of the molecule is O=C(CCc1nnc(-c2ccccc2)o1)Nc1ccc(-n2cccn2)nc1. The molecule has 0 aliphatic heterocycles. The number of carbonyl (C=O) groups is 1. The van der Waals surface area contributed by atoms with Crippen LogP contribution in [0.1, 0.15) is 12.3 Å². The van der Waals surface area contributed by atoms with E-state index in [0.717, 1.165) is 5.56 Å². The maximum absolute atomic E-state index is 12.1. The summed E-state index contributed by atoms with van der Waals surface area (Å²) < 4.78 is 7.25. The molecule has 0 saturated heterocycles. The molecule has 0 radical (unpaired) electrons. The molecule has 0 fully saturated rings. The zero-order chi connectivity index (χ0) is 18.5. The van der Waals surface area contributed by atoms with Crippen molar-refractivity contribution in [2.75, 3.05) is 5.32 Å². The monoisotopic (exact) mass is 360 g/mol. The van der Waals surface area contributed by atoms with Crippen LogP contribution in [0.25, 0.3) is 17.3 Å². The Kier molecular flexibility index (Phi) is 4.69. The number of benzene rings is 1. The minimum atomic E-state index is -0.150. The number of aromatic nitrogens is 5. The van der Waals surface area contributed by atoms with Gasteiger partial charge in [-0.15, -0.1) is 10.2 Å². The van der Waals surface area contributed by atoms with Crippen LogP contribution in [0.3, 0.4) is 0 Å². The van der Waals surface area contributed by atoms with Crippen LogP contribution < -0.4 is 5.32 Å². The molecule has 134 valence electrons. The number of aryl methyl sites for hydroxylation is 1. The van der Waals surface area contributed by atoms with E-state index in [4.69, 9.17) is 4.42 Å². The van der Waals surface area contributed by atoms with Gasteiger partial charge in [0.05, 0.1) is 11.9 Å². The average Bonchev–Trinajstić information content (AvgIpc) is 3.40. The van der Waals surface area contributed by atoms with E-state index in [2.05, 4.69) is 25.6 Å². The first kappa shape index (κ1) is 16.6. The van der Waals surface area contributed by atoms with Gasteiger partial charge >= 0.3 is 0 Å². The first-order valence-corrected chi connectivity index (χ1v) is 8.42. The van der Waals surface area contributed by atoms with Gasteiger partial charge in [-0.25, -0.2) is 9.67 Å². The topological polar surface area (TPSA) is 98.7 Å². The number of rotatable bonds is 6. The highest BCUT2D eigenvalue weighted by molar-refractivity contribution is 5.90. The normalized spacial score (nSPS) is 10.7. The molecule has 0 saturated carbocycles. The summed E-state index contributed by atoms with van der Waals surface area (Å²) in [6.45, 7) is 0. The Bertz CT molecular complexity index is 1010. The van der Waals surface area contributed by atoms with Gasteiger partial charge in [0, 0.05) is 30.8 Å². The van der Waals surface area contributed by atoms with Gasteiger partial charge < -0.3 is 9.73 Å². The maximum Gasteiger partial charge on any atom is 0.247 e. The first-order chi connectivity index (χ1) is 13.3. The zero-order valence-electron chi connectivity index (χ0n) is 14.3. The second-order valence-electron chi connectivity index (χ2n) is 5.77. The quantitative estimate of drug-likeness (QED) is 0.568. The van der Waals surface area contributed by atoms with E-state index in [9.17, 15) is 4.79 Å². The molecule has 4 rings (SSSR count). The van der Waals surface area contributed by atoms with Crippen LogP contribution in [0.2, 0.25) is 0 Å². The highest BCUT2D eigenvalue weighted by Gasteiger charge is 2.11. The molecule has 0 aliphatic rings. The van der Waals surface area contributed by atoms with Gasteiger partial charge in [0.15, 0.2) is 5.82 Å². The molecule has 3 heterocycles. The van der Waals surface area contributed by atoms with Crippen molar-refractivity contribution in [1.82, 2.24) is 25.0 Å². The molecule has 8 nitrogen and oxygen atoms in total. The van der Waals surface area contributed by atoms with Gasteiger partial charge in [-0.2, -0.15) is 5.10 Å². The Morgan fingerprint density at radius 1 is 1.07 bits per heavy atom. The molecule has 1 N–H and O–H groups in total. The largest absolute Gasteiger partial charge is 0.421 e. The Labute approximate surface area is 154 Å². The number of hydrogen-bond acceptors (Lipinski definition) is 6. The second-order valence-corrected chi connectivity index (χ2v) is 5.77. The maximum atomic E-state index is 12.1. The molecule has 3 aromatic heterocycles. The molecule has 8 heteroatoms. The zero-order valence-corrected chi connectivity index (χ0v) is 14.3. The fraction of sp³-hybridized carbons (Fsp3) is 0.105. The van der Waals surface area contributed by atoms with E-state index >= 15 is 0 Å². The van der Waals surface area contributed by atoms with Crippen LogP contribution in [0, 0.1) is 0 Å². The molecule has 0 atom stereocenters. The van der Waals surface area contributed by atoms with Crippen molar-refractivity contribution in [1.29, 1.82) is 0 Å². The standard InChI is InChI=1S/C19H16N6O2/c26-17(22-15-7-8-16(20-13-15)25-12-4-11-21-25)9-10-18-23-24-19(27-18)14-5-2-1-3-6-14/h1-8,11-13H,9-10H2,(H,22,26). The predicted octanol–water partition coefficient (Wildman–Crippen LogP) is 2.89. The molecule has 1 amide bonds. The minimum absolute atomic E-state index is 0.150. The molecular weight excluding hydrogens is 344 g/mol. The summed E-state index contributed by atoms with van der Waals surface area (Å²) in [5.74, 6) is 1.40. The number of nitrogens with one attached hydrogen (secondary N) is 1. The van der Waals surface area contributed by atoms with Crippen molar-refractivity contribution in [2.45, 2.75) is 12.8 Å². The van der Waals surface area contributed by atoms with Crippen molar-refractivity contribution in [3.63, 3.8) is 0 Å². The minimum Gasteiger partial charge on any atom is -0.421 e. The van der Waals surface area contributed by atoms with Crippen LogP contribution in [0.4, 0.5) is 5.69 Å². The van der Waals surface area contributed by atoms with E-state index in [1.807, 2.05) is 36.4 Å². The van der Waals surface area contributed by atoms with Gasteiger partial charge in [-0.3, -0.25) is 4.79 Å². The highest BCUT2D eigenvalue weighted by Crippen LogP contribution is 2.17. The van der Waals surface area contributed by atoms with E-state index in [1.54, 1.807) is 35.4 Å². The van der Waals surface area contributed by atoms with Gasteiger partial charge in [-0.05, 0) is 30.3 Å². The number of anilines is 1. The summed E-state index contributed by atoms with van der Waals surface area (Å²) in [7, 11) is 0. The van der Waals surface area contributed by atoms with Crippen LogP contribution >= 0.6 is 0 Å². The lowest BCUT2D eigenvalue weighted by molar-refractivity contribution is -0.116. The Morgan fingerprint density at radius 2 is 1.96 bits per heavy atom. The Balaban J connectivity index is 1.32. The Hall–Kier alpha value is -3.81. The molecule has 0 unspecified atom stereocenters.